The molecular weight excluding hydrogens is 257 g/mol. The number of halogens is 1. The van der Waals surface area contributed by atoms with Crippen molar-refractivity contribution in [1.82, 2.24) is 10.2 Å². The highest BCUT2D eigenvalue weighted by Crippen LogP contribution is 2.31. The van der Waals surface area contributed by atoms with E-state index in [1.54, 1.807) is 19.2 Å². The molecule has 102 valence electrons. The van der Waals surface area contributed by atoms with Gasteiger partial charge in [0.2, 0.25) is 0 Å². The molecule has 1 aromatic carbocycles. The first-order valence-electron chi connectivity index (χ1n) is 6.32. The van der Waals surface area contributed by atoms with Crippen LogP contribution in [0.3, 0.4) is 0 Å². The summed E-state index contributed by atoms with van der Waals surface area (Å²) in [6.07, 6.45) is 0. The van der Waals surface area contributed by atoms with Crippen molar-refractivity contribution < 1.29 is 8.81 Å². The Bertz CT molecular complexity index is 795. The highest BCUT2D eigenvalue weighted by Gasteiger charge is 2.15. The van der Waals surface area contributed by atoms with Crippen LogP contribution in [0.4, 0.5) is 10.2 Å². The van der Waals surface area contributed by atoms with Gasteiger partial charge in [-0.3, -0.25) is 0 Å². The number of benzene rings is 1. The summed E-state index contributed by atoms with van der Waals surface area (Å²) in [7, 11) is 1.80. The minimum absolute atomic E-state index is 0.249. The molecule has 20 heavy (non-hydrogen) atoms. The maximum atomic E-state index is 13.7. The SMILES string of the molecule is CNc1nnc(-c2cc3cccc(F)c3o2)c(C)c1C. The summed E-state index contributed by atoms with van der Waals surface area (Å²) in [5, 5.41) is 12.0. The van der Waals surface area contributed by atoms with E-state index in [4.69, 9.17) is 4.42 Å². The number of aromatic nitrogens is 2. The van der Waals surface area contributed by atoms with E-state index >= 15 is 0 Å². The molecule has 0 aliphatic rings. The van der Waals surface area contributed by atoms with Crippen LogP contribution in [0.2, 0.25) is 0 Å². The summed E-state index contributed by atoms with van der Waals surface area (Å²) < 4.78 is 19.3. The van der Waals surface area contributed by atoms with Gasteiger partial charge in [-0.05, 0) is 37.1 Å². The maximum absolute atomic E-state index is 13.7. The third kappa shape index (κ3) is 1.82. The third-order valence-corrected chi connectivity index (χ3v) is 3.49. The highest BCUT2D eigenvalue weighted by molar-refractivity contribution is 5.83. The van der Waals surface area contributed by atoms with Crippen molar-refractivity contribution in [3.05, 3.63) is 41.2 Å². The number of fused-ring (bicyclic) bond motifs is 1. The Kier molecular flexibility index (Phi) is 2.89. The number of nitrogens with zero attached hydrogens (tertiary/aromatic N) is 2. The normalized spacial score (nSPS) is 11.0. The van der Waals surface area contributed by atoms with Crippen LogP contribution in [0, 0.1) is 19.7 Å². The van der Waals surface area contributed by atoms with Gasteiger partial charge in [0.05, 0.1) is 0 Å². The van der Waals surface area contributed by atoms with Crippen LogP contribution < -0.4 is 5.32 Å². The van der Waals surface area contributed by atoms with Gasteiger partial charge < -0.3 is 9.73 Å². The molecule has 0 spiro atoms. The molecule has 3 aromatic rings. The molecule has 0 bridgehead atoms. The molecule has 1 N–H and O–H groups in total. The minimum Gasteiger partial charge on any atom is -0.451 e. The van der Waals surface area contributed by atoms with Gasteiger partial charge in [-0.2, -0.15) is 0 Å². The summed E-state index contributed by atoms with van der Waals surface area (Å²) in [6.45, 7) is 3.91. The average Bonchev–Trinajstić information content (AvgIpc) is 2.87. The van der Waals surface area contributed by atoms with Gasteiger partial charge >= 0.3 is 0 Å². The standard InChI is InChI=1S/C15H14FN3O/c1-8-9(2)15(17-3)19-18-13(8)12-7-10-5-4-6-11(16)14(10)20-12/h4-7H,1-3H3,(H,17,19). The van der Waals surface area contributed by atoms with E-state index in [9.17, 15) is 4.39 Å². The number of para-hydroxylation sites is 1. The zero-order valence-corrected chi connectivity index (χ0v) is 11.5. The molecule has 4 nitrogen and oxygen atoms in total. The van der Waals surface area contributed by atoms with Crippen molar-refractivity contribution in [2.45, 2.75) is 13.8 Å². The van der Waals surface area contributed by atoms with E-state index in [0.29, 0.717) is 11.5 Å². The van der Waals surface area contributed by atoms with Crippen molar-refractivity contribution in [3.63, 3.8) is 0 Å². The van der Waals surface area contributed by atoms with Gasteiger partial charge in [0, 0.05) is 12.4 Å². The first kappa shape index (κ1) is 12.6. The van der Waals surface area contributed by atoms with Crippen LogP contribution >= 0.6 is 0 Å². The zero-order valence-electron chi connectivity index (χ0n) is 11.5. The molecule has 2 aromatic heterocycles. The van der Waals surface area contributed by atoms with Gasteiger partial charge in [-0.25, -0.2) is 4.39 Å². The van der Waals surface area contributed by atoms with Crippen LogP contribution in [-0.4, -0.2) is 17.2 Å². The summed E-state index contributed by atoms with van der Waals surface area (Å²) in [5.41, 5.74) is 2.85. The fraction of sp³-hybridized carbons (Fsp3) is 0.200. The topological polar surface area (TPSA) is 51.0 Å². The van der Waals surface area contributed by atoms with E-state index in [2.05, 4.69) is 15.5 Å². The number of hydrogen-bond acceptors (Lipinski definition) is 4. The predicted molar refractivity (Wildman–Crippen MR) is 76.2 cm³/mol. The van der Waals surface area contributed by atoms with Gasteiger partial charge in [0.25, 0.3) is 0 Å². The lowest BCUT2D eigenvalue weighted by Crippen LogP contribution is -2.02. The molecule has 2 heterocycles. The van der Waals surface area contributed by atoms with Crippen LogP contribution in [-0.2, 0) is 0 Å². The Labute approximate surface area is 115 Å². The second-order valence-corrected chi connectivity index (χ2v) is 4.67. The second-order valence-electron chi connectivity index (χ2n) is 4.67. The Morgan fingerprint density at radius 2 is 1.95 bits per heavy atom. The van der Waals surface area contributed by atoms with Crippen LogP contribution in [0.15, 0.2) is 28.7 Å². The van der Waals surface area contributed by atoms with Crippen LogP contribution in [0.5, 0.6) is 0 Å². The van der Waals surface area contributed by atoms with Gasteiger partial charge in [0.15, 0.2) is 23.0 Å². The Morgan fingerprint density at radius 1 is 1.15 bits per heavy atom. The molecule has 0 fully saturated rings. The first-order chi connectivity index (χ1) is 9.61. The lowest BCUT2D eigenvalue weighted by molar-refractivity contribution is 0.566. The summed E-state index contributed by atoms with van der Waals surface area (Å²) >= 11 is 0. The van der Waals surface area contributed by atoms with E-state index in [0.717, 1.165) is 22.3 Å². The lowest BCUT2D eigenvalue weighted by atomic mass is 10.1. The van der Waals surface area contributed by atoms with Gasteiger partial charge in [-0.1, -0.05) is 12.1 Å². The summed E-state index contributed by atoms with van der Waals surface area (Å²) in [4.78, 5) is 0. The highest BCUT2D eigenvalue weighted by atomic mass is 19.1. The fourth-order valence-corrected chi connectivity index (χ4v) is 2.22. The maximum Gasteiger partial charge on any atom is 0.170 e. The van der Waals surface area contributed by atoms with Crippen molar-refractivity contribution in [2.75, 3.05) is 12.4 Å². The molecule has 3 rings (SSSR count). The number of anilines is 1. The Hall–Kier alpha value is -2.43. The molecular formula is C15H14FN3O. The van der Waals surface area contributed by atoms with Gasteiger partial charge in [0.1, 0.15) is 5.69 Å². The Morgan fingerprint density at radius 3 is 2.65 bits per heavy atom. The number of nitrogens with one attached hydrogen (secondary N) is 1. The lowest BCUT2D eigenvalue weighted by Gasteiger charge is -2.08. The molecule has 0 saturated heterocycles. The Balaban J connectivity index is 2.21. The summed E-state index contributed by atoms with van der Waals surface area (Å²) in [6, 6.07) is 6.63. The molecule has 0 atom stereocenters. The number of furan rings is 1. The molecule has 0 amide bonds. The summed E-state index contributed by atoms with van der Waals surface area (Å²) in [5.74, 6) is 0.886. The molecule has 0 aliphatic carbocycles. The van der Waals surface area contributed by atoms with Crippen LogP contribution in [0.1, 0.15) is 11.1 Å². The van der Waals surface area contributed by atoms with Crippen molar-refractivity contribution >= 4 is 16.8 Å². The van der Waals surface area contributed by atoms with E-state index < -0.39 is 0 Å². The number of rotatable bonds is 2. The second kappa shape index (κ2) is 4.59. The zero-order chi connectivity index (χ0) is 14.3. The third-order valence-electron chi connectivity index (χ3n) is 3.49. The van der Waals surface area contributed by atoms with E-state index in [1.807, 2.05) is 19.9 Å². The average molecular weight is 271 g/mol. The molecule has 0 aliphatic heterocycles. The largest absolute Gasteiger partial charge is 0.451 e. The molecule has 0 radical (unpaired) electrons. The smallest absolute Gasteiger partial charge is 0.170 e. The fourth-order valence-electron chi connectivity index (χ4n) is 2.22. The molecule has 0 unspecified atom stereocenters. The molecule has 5 heteroatoms. The predicted octanol–water partition coefficient (Wildman–Crippen LogP) is 3.69. The van der Waals surface area contributed by atoms with Gasteiger partial charge in [-0.15, -0.1) is 10.2 Å². The van der Waals surface area contributed by atoms with E-state index in [1.165, 1.54) is 6.07 Å². The first-order valence-corrected chi connectivity index (χ1v) is 6.32. The molecule has 0 saturated carbocycles. The monoisotopic (exact) mass is 271 g/mol. The van der Waals surface area contributed by atoms with Crippen LogP contribution in [0.25, 0.3) is 22.4 Å². The van der Waals surface area contributed by atoms with Crippen molar-refractivity contribution in [3.8, 4) is 11.5 Å². The number of hydrogen-bond donors (Lipinski definition) is 1. The van der Waals surface area contributed by atoms with E-state index in [-0.39, 0.29) is 11.4 Å². The quantitative estimate of drug-likeness (QED) is 0.772. The van der Waals surface area contributed by atoms with Crippen molar-refractivity contribution in [1.29, 1.82) is 0 Å². The minimum atomic E-state index is -0.372. The van der Waals surface area contributed by atoms with Crippen molar-refractivity contribution in [2.24, 2.45) is 0 Å².